The molecule has 0 amide bonds. The molecule has 0 aromatic rings. The van der Waals surface area contributed by atoms with Gasteiger partial charge in [0.15, 0.2) is 0 Å². The first-order valence-corrected chi connectivity index (χ1v) is 5.64. The summed E-state index contributed by atoms with van der Waals surface area (Å²) in [6.07, 6.45) is 5.10. The molecule has 0 radical (unpaired) electrons. The van der Waals surface area contributed by atoms with E-state index in [0.29, 0.717) is 11.6 Å². The predicted molar refractivity (Wildman–Crippen MR) is 58.4 cm³/mol. The van der Waals surface area contributed by atoms with Crippen LogP contribution in [-0.2, 0) is 4.74 Å². The highest BCUT2D eigenvalue weighted by atomic mass is 16.5. The summed E-state index contributed by atoms with van der Waals surface area (Å²) < 4.78 is 5.29. The summed E-state index contributed by atoms with van der Waals surface area (Å²) in [4.78, 5) is 2.64. The fourth-order valence-corrected chi connectivity index (χ4v) is 3.24. The van der Waals surface area contributed by atoms with E-state index in [4.69, 9.17) is 4.74 Å². The van der Waals surface area contributed by atoms with Crippen molar-refractivity contribution in [3.8, 4) is 0 Å². The molecule has 2 aliphatic rings. The minimum Gasteiger partial charge on any atom is -0.383 e. The van der Waals surface area contributed by atoms with Crippen molar-refractivity contribution in [1.82, 2.24) is 4.90 Å². The van der Waals surface area contributed by atoms with Crippen LogP contribution in [0.1, 0.15) is 32.6 Å². The first kappa shape index (κ1) is 10.2. The summed E-state index contributed by atoms with van der Waals surface area (Å²) in [5, 5.41) is 0. The Kier molecular flexibility index (Phi) is 2.67. The van der Waals surface area contributed by atoms with Gasteiger partial charge in [-0.2, -0.15) is 0 Å². The lowest BCUT2D eigenvalue weighted by Gasteiger charge is -2.33. The number of rotatable bonds is 3. The van der Waals surface area contributed by atoms with Crippen molar-refractivity contribution in [2.75, 3.05) is 20.3 Å². The van der Waals surface area contributed by atoms with E-state index in [1.54, 1.807) is 7.11 Å². The molecule has 2 atom stereocenters. The molecule has 0 aliphatic carbocycles. The van der Waals surface area contributed by atoms with Gasteiger partial charge in [-0.3, -0.25) is 4.90 Å². The Morgan fingerprint density at radius 1 is 1.64 bits per heavy atom. The molecule has 0 aromatic heterocycles. The van der Waals surface area contributed by atoms with E-state index in [1.165, 1.54) is 31.3 Å². The van der Waals surface area contributed by atoms with Crippen LogP contribution in [0.25, 0.3) is 0 Å². The standard InChI is InChI=1S/C12H21NO/c1-4-12-6-5-11(9-14-3)13(12)8-10(2)7-12/h11H,2,4-9H2,1,3H3/t11-,12-/m0/s1. The summed E-state index contributed by atoms with van der Waals surface area (Å²) in [6.45, 7) is 8.43. The Bertz CT molecular complexity index is 238. The molecule has 2 heteroatoms. The summed E-state index contributed by atoms with van der Waals surface area (Å²) in [6, 6.07) is 0.638. The molecule has 2 nitrogen and oxygen atoms in total. The van der Waals surface area contributed by atoms with Gasteiger partial charge in [0.1, 0.15) is 0 Å². The van der Waals surface area contributed by atoms with Crippen LogP contribution in [0.4, 0.5) is 0 Å². The molecule has 2 aliphatic heterocycles. The van der Waals surface area contributed by atoms with Crippen LogP contribution in [0.15, 0.2) is 12.2 Å². The van der Waals surface area contributed by atoms with Gasteiger partial charge < -0.3 is 4.74 Å². The van der Waals surface area contributed by atoms with E-state index < -0.39 is 0 Å². The van der Waals surface area contributed by atoms with Gasteiger partial charge in [0.05, 0.1) is 6.61 Å². The second-order valence-corrected chi connectivity index (χ2v) is 4.78. The Balaban J connectivity index is 2.13. The largest absolute Gasteiger partial charge is 0.383 e. The van der Waals surface area contributed by atoms with Crippen LogP contribution in [0.5, 0.6) is 0 Å². The number of nitrogens with zero attached hydrogens (tertiary/aromatic N) is 1. The maximum absolute atomic E-state index is 5.29. The molecule has 2 saturated heterocycles. The van der Waals surface area contributed by atoms with E-state index >= 15 is 0 Å². The average molecular weight is 195 g/mol. The summed E-state index contributed by atoms with van der Waals surface area (Å²) in [5.74, 6) is 0. The second kappa shape index (κ2) is 3.67. The number of hydrogen-bond donors (Lipinski definition) is 0. The van der Waals surface area contributed by atoms with E-state index in [1.807, 2.05) is 0 Å². The van der Waals surface area contributed by atoms with Gasteiger partial charge in [-0.1, -0.05) is 19.1 Å². The Morgan fingerprint density at radius 3 is 3.07 bits per heavy atom. The van der Waals surface area contributed by atoms with Crippen molar-refractivity contribution in [1.29, 1.82) is 0 Å². The van der Waals surface area contributed by atoms with Crippen molar-refractivity contribution >= 4 is 0 Å². The van der Waals surface area contributed by atoms with Gasteiger partial charge in [0.25, 0.3) is 0 Å². The van der Waals surface area contributed by atoms with E-state index in [9.17, 15) is 0 Å². The normalized spacial score (nSPS) is 37.9. The monoisotopic (exact) mass is 195 g/mol. The molecule has 0 bridgehead atoms. The van der Waals surface area contributed by atoms with Crippen molar-refractivity contribution in [2.45, 2.75) is 44.2 Å². The third-order valence-electron chi connectivity index (χ3n) is 3.98. The number of methoxy groups -OCH3 is 1. The van der Waals surface area contributed by atoms with Crippen molar-refractivity contribution in [2.24, 2.45) is 0 Å². The van der Waals surface area contributed by atoms with Gasteiger partial charge in [-0.05, 0) is 25.7 Å². The number of hydrogen-bond acceptors (Lipinski definition) is 2. The Morgan fingerprint density at radius 2 is 2.43 bits per heavy atom. The molecular weight excluding hydrogens is 174 g/mol. The van der Waals surface area contributed by atoms with Crippen LogP contribution in [-0.4, -0.2) is 36.7 Å². The maximum Gasteiger partial charge on any atom is 0.0618 e. The molecule has 2 rings (SSSR count). The molecule has 0 saturated carbocycles. The topological polar surface area (TPSA) is 12.5 Å². The highest BCUT2D eigenvalue weighted by Gasteiger charge is 2.48. The van der Waals surface area contributed by atoms with Gasteiger partial charge >= 0.3 is 0 Å². The average Bonchev–Trinajstić information content (AvgIpc) is 2.64. The van der Waals surface area contributed by atoms with Crippen LogP contribution in [0, 0.1) is 0 Å². The van der Waals surface area contributed by atoms with Gasteiger partial charge in [0, 0.05) is 25.2 Å². The first-order chi connectivity index (χ1) is 6.72. The molecule has 0 unspecified atom stereocenters. The fraction of sp³-hybridized carbons (Fsp3) is 0.833. The summed E-state index contributed by atoms with van der Waals surface area (Å²) in [7, 11) is 1.80. The SMILES string of the molecule is C=C1CN2[C@H](COC)CC[C@@]2(CC)C1. The molecule has 14 heavy (non-hydrogen) atoms. The lowest BCUT2D eigenvalue weighted by atomic mass is 9.90. The zero-order chi connectivity index (χ0) is 10.2. The lowest BCUT2D eigenvalue weighted by molar-refractivity contribution is 0.0801. The smallest absolute Gasteiger partial charge is 0.0618 e. The summed E-state index contributed by atoms with van der Waals surface area (Å²) in [5.41, 5.74) is 1.85. The Labute approximate surface area is 86.9 Å². The van der Waals surface area contributed by atoms with Crippen LogP contribution in [0.2, 0.25) is 0 Å². The molecule has 0 spiro atoms. The van der Waals surface area contributed by atoms with Crippen LogP contribution >= 0.6 is 0 Å². The highest BCUT2D eigenvalue weighted by molar-refractivity contribution is 5.19. The van der Waals surface area contributed by atoms with Gasteiger partial charge in [-0.15, -0.1) is 0 Å². The van der Waals surface area contributed by atoms with E-state index in [2.05, 4.69) is 18.4 Å². The highest BCUT2D eigenvalue weighted by Crippen LogP contribution is 2.45. The number of ether oxygens (including phenoxy) is 1. The van der Waals surface area contributed by atoms with Gasteiger partial charge in [-0.25, -0.2) is 0 Å². The lowest BCUT2D eigenvalue weighted by Crippen LogP contribution is -2.43. The van der Waals surface area contributed by atoms with E-state index in [0.717, 1.165) is 13.2 Å². The quantitative estimate of drug-likeness (QED) is 0.640. The molecule has 80 valence electrons. The zero-order valence-electron chi connectivity index (χ0n) is 9.38. The molecule has 2 fully saturated rings. The van der Waals surface area contributed by atoms with Gasteiger partial charge in [0.2, 0.25) is 0 Å². The maximum atomic E-state index is 5.29. The third kappa shape index (κ3) is 1.41. The van der Waals surface area contributed by atoms with Crippen molar-refractivity contribution < 1.29 is 4.74 Å². The predicted octanol–water partition coefficient (Wildman–Crippen LogP) is 2.21. The minimum atomic E-state index is 0.445. The number of fused-ring (bicyclic) bond motifs is 1. The summed E-state index contributed by atoms with van der Waals surface area (Å²) >= 11 is 0. The first-order valence-electron chi connectivity index (χ1n) is 5.64. The molecular formula is C12H21NO. The fourth-order valence-electron chi connectivity index (χ4n) is 3.24. The minimum absolute atomic E-state index is 0.445. The molecule has 2 heterocycles. The molecule has 0 aromatic carbocycles. The second-order valence-electron chi connectivity index (χ2n) is 4.78. The zero-order valence-corrected chi connectivity index (χ0v) is 9.38. The molecule has 0 N–H and O–H groups in total. The Hall–Kier alpha value is -0.340. The van der Waals surface area contributed by atoms with E-state index in [-0.39, 0.29) is 0 Å². The van der Waals surface area contributed by atoms with Crippen LogP contribution in [0.3, 0.4) is 0 Å². The third-order valence-corrected chi connectivity index (χ3v) is 3.98. The van der Waals surface area contributed by atoms with Crippen molar-refractivity contribution in [3.63, 3.8) is 0 Å². The van der Waals surface area contributed by atoms with Crippen LogP contribution < -0.4 is 0 Å². The van der Waals surface area contributed by atoms with Crippen molar-refractivity contribution in [3.05, 3.63) is 12.2 Å².